The van der Waals surface area contributed by atoms with Gasteiger partial charge in [-0.15, -0.1) is 0 Å². The number of phenols is 1. The van der Waals surface area contributed by atoms with Gasteiger partial charge in [0, 0.05) is 10.8 Å². The average molecular weight is 470 g/mol. The summed E-state index contributed by atoms with van der Waals surface area (Å²) in [5.41, 5.74) is 3.44. The second-order valence-corrected chi connectivity index (χ2v) is 7.73. The minimum absolute atomic E-state index is 0.205. The zero-order chi connectivity index (χ0) is 24.4. The van der Waals surface area contributed by atoms with Crippen molar-refractivity contribution >= 4 is 21.8 Å². The maximum atomic E-state index is 12.9. The number of hydrogen-bond donors (Lipinski definition) is 1. The molecule has 0 aliphatic rings. The summed E-state index contributed by atoms with van der Waals surface area (Å²) in [5.74, 6) is 0.469. The highest BCUT2D eigenvalue weighted by atomic mass is 19.1. The molecule has 35 heavy (non-hydrogen) atoms. The summed E-state index contributed by atoms with van der Waals surface area (Å²) in [7, 11) is 1.63. The molecule has 0 bridgehead atoms. The summed E-state index contributed by atoms with van der Waals surface area (Å²) in [6.45, 7) is 0. The molecular formula is C27H20F2N4O2. The van der Waals surface area contributed by atoms with E-state index in [2.05, 4.69) is 10.2 Å². The fourth-order valence-corrected chi connectivity index (χ4v) is 3.73. The standard InChI is InChI=1S/C14H11FN2O.C13H9FN2O/c1-18-13-6-7-14-10(8-13)9-16-17(14)12-4-2-11(15)3-5-12;14-10-1-3-11(4-2-10)16-13-6-5-12(17)7-9(13)8-15-16/h2-9H,1H3;1-8,17H. The quantitative estimate of drug-likeness (QED) is 0.342. The van der Waals surface area contributed by atoms with Crippen LogP contribution in [0.25, 0.3) is 33.2 Å². The molecular weight excluding hydrogens is 450 g/mol. The van der Waals surface area contributed by atoms with Gasteiger partial charge in [-0.2, -0.15) is 10.2 Å². The van der Waals surface area contributed by atoms with E-state index in [1.807, 2.05) is 18.2 Å². The van der Waals surface area contributed by atoms with E-state index in [0.717, 1.165) is 38.9 Å². The van der Waals surface area contributed by atoms with Crippen LogP contribution < -0.4 is 4.74 Å². The SMILES string of the molecule is COc1ccc2c(cnn2-c2ccc(F)cc2)c1.Oc1ccc2c(cnn2-c2ccc(F)cc2)c1. The number of hydrogen-bond acceptors (Lipinski definition) is 4. The smallest absolute Gasteiger partial charge is 0.123 e. The van der Waals surface area contributed by atoms with Crippen LogP contribution in [-0.2, 0) is 0 Å². The van der Waals surface area contributed by atoms with Gasteiger partial charge in [0.2, 0.25) is 0 Å². The molecule has 1 N–H and O–H groups in total. The van der Waals surface area contributed by atoms with Crippen LogP contribution in [-0.4, -0.2) is 31.8 Å². The number of nitrogens with zero attached hydrogens (tertiary/aromatic N) is 4. The van der Waals surface area contributed by atoms with Crippen molar-refractivity contribution in [3.05, 3.63) is 109 Å². The summed E-state index contributed by atoms with van der Waals surface area (Å²) in [4.78, 5) is 0. The van der Waals surface area contributed by atoms with Gasteiger partial charge < -0.3 is 9.84 Å². The van der Waals surface area contributed by atoms with Crippen molar-refractivity contribution in [1.82, 2.24) is 19.6 Å². The molecule has 0 fully saturated rings. The number of fused-ring (bicyclic) bond motifs is 2. The first-order chi connectivity index (χ1) is 17.0. The third-order valence-electron chi connectivity index (χ3n) is 5.47. The van der Waals surface area contributed by atoms with Crippen molar-refractivity contribution in [3.8, 4) is 22.9 Å². The normalized spacial score (nSPS) is 10.8. The molecule has 2 heterocycles. The summed E-state index contributed by atoms with van der Waals surface area (Å²) in [6, 6.07) is 23.1. The van der Waals surface area contributed by atoms with E-state index in [-0.39, 0.29) is 17.4 Å². The topological polar surface area (TPSA) is 65.1 Å². The van der Waals surface area contributed by atoms with E-state index in [1.54, 1.807) is 71.3 Å². The van der Waals surface area contributed by atoms with Crippen LogP contribution in [0, 0.1) is 11.6 Å². The minimum Gasteiger partial charge on any atom is -0.508 e. The Morgan fingerprint density at radius 1 is 0.657 bits per heavy atom. The first-order valence-electron chi connectivity index (χ1n) is 10.7. The molecule has 174 valence electrons. The van der Waals surface area contributed by atoms with Crippen LogP contribution in [0.4, 0.5) is 8.78 Å². The van der Waals surface area contributed by atoms with Crippen molar-refractivity contribution in [3.63, 3.8) is 0 Å². The fourth-order valence-electron chi connectivity index (χ4n) is 3.73. The lowest BCUT2D eigenvalue weighted by molar-refractivity contribution is 0.415. The molecule has 6 nitrogen and oxygen atoms in total. The second-order valence-electron chi connectivity index (χ2n) is 7.73. The van der Waals surface area contributed by atoms with E-state index in [4.69, 9.17) is 4.74 Å². The first-order valence-corrected chi connectivity index (χ1v) is 10.7. The van der Waals surface area contributed by atoms with Crippen LogP contribution in [0.1, 0.15) is 0 Å². The molecule has 2 aromatic heterocycles. The van der Waals surface area contributed by atoms with Gasteiger partial charge in [-0.25, -0.2) is 18.1 Å². The van der Waals surface area contributed by atoms with Crippen molar-refractivity contribution in [2.45, 2.75) is 0 Å². The van der Waals surface area contributed by atoms with Crippen LogP contribution in [0.3, 0.4) is 0 Å². The van der Waals surface area contributed by atoms with Gasteiger partial charge >= 0.3 is 0 Å². The molecule has 0 unspecified atom stereocenters. The predicted octanol–water partition coefficient (Wildman–Crippen LogP) is 6.04. The van der Waals surface area contributed by atoms with Gasteiger partial charge in [0.15, 0.2) is 0 Å². The number of rotatable bonds is 3. The molecule has 4 aromatic carbocycles. The Balaban J connectivity index is 0.000000145. The van der Waals surface area contributed by atoms with Gasteiger partial charge in [0.05, 0.1) is 41.9 Å². The predicted molar refractivity (Wildman–Crippen MR) is 130 cm³/mol. The molecule has 0 amide bonds. The highest BCUT2D eigenvalue weighted by molar-refractivity contribution is 5.82. The maximum absolute atomic E-state index is 12.9. The molecule has 6 rings (SSSR count). The largest absolute Gasteiger partial charge is 0.508 e. The fraction of sp³-hybridized carbons (Fsp3) is 0.0370. The van der Waals surface area contributed by atoms with E-state index in [9.17, 15) is 13.9 Å². The highest BCUT2D eigenvalue weighted by Gasteiger charge is 2.07. The zero-order valence-electron chi connectivity index (χ0n) is 18.6. The number of methoxy groups -OCH3 is 1. The third kappa shape index (κ3) is 4.54. The number of aromatic nitrogens is 4. The van der Waals surface area contributed by atoms with E-state index in [0.29, 0.717) is 0 Å². The van der Waals surface area contributed by atoms with Crippen LogP contribution in [0.2, 0.25) is 0 Å². The van der Waals surface area contributed by atoms with Gasteiger partial charge in [-0.1, -0.05) is 0 Å². The molecule has 6 aromatic rings. The number of aromatic hydroxyl groups is 1. The molecule has 0 atom stereocenters. The van der Waals surface area contributed by atoms with E-state index >= 15 is 0 Å². The molecule has 8 heteroatoms. The Hall–Kier alpha value is -4.72. The summed E-state index contributed by atoms with van der Waals surface area (Å²) in [6.07, 6.45) is 3.43. The number of ether oxygens (including phenoxy) is 1. The minimum atomic E-state index is -0.275. The average Bonchev–Trinajstić information content (AvgIpc) is 3.49. The third-order valence-corrected chi connectivity index (χ3v) is 5.47. The summed E-state index contributed by atoms with van der Waals surface area (Å²) in [5, 5.41) is 19.7. The Morgan fingerprint density at radius 3 is 1.66 bits per heavy atom. The molecule has 0 spiro atoms. The van der Waals surface area contributed by atoms with E-state index in [1.165, 1.54) is 24.3 Å². The van der Waals surface area contributed by atoms with Crippen molar-refractivity contribution in [1.29, 1.82) is 0 Å². The Bertz CT molecular complexity index is 1610. The molecule has 0 radical (unpaired) electrons. The van der Waals surface area contributed by atoms with Crippen molar-refractivity contribution in [2.75, 3.05) is 7.11 Å². The second kappa shape index (κ2) is 9.26. The lowest BCUT2D eigenvalue weighted by Gasteiger charge is -2.04. The summed E-state index contributed by atoms with van der Waals surface area (Å²) < 4.78 is 34.4. The zero-order valence-corrected chi connectivity index (χ0v) is 18.6. The number of benzene rings is 4. The van der Waals surface area contributed by atoms with Crippen molar-refractivity contribution < 1.29 is 18.6 Å². The molecule has 0 saturated carbocycles. The Kier molecular flexibility index (Phi) is 5.85. The molecule has 0 aliphatic carbocycles. The monoisotopic (exact) mass is 470 g/mol. The highest BCUT2D eigenvalue weighted by Crippen LogP contribution is 2.24. The lowest BCUT2D eigenvalue weighted by atomic mass is 10.2. The van der Waals surface area contributed by atoms with Crippen LogP contribution in [0.5, 0.6) is 11.5 Å². The molecule has 0 saturated heterocycles. The van der Waals surface area contributed by atoms with E-state index < -0.39 is 0 Å². The lowest BCUT2D eigenvalue weighted by Crippen LogP contribution is -1.95. The summed E-state index contributed by atoms with van der Waals surface area (Å²) >= 11 is 0. The molecule has 0 aliphatic heterocycles. The van der Waals surface area contributed by atoms with Gasteiger partial charge in [0.25, 0.3) is 0 Å². The Labute approximate surface area is 199 Å². The van der Waals surface area contributed by atoms with Crippen LogP contribution in [0.15, 0.2) is 97.3 Å². The Morgan fingerprint density at radius 2 is 1.14 bits per heavy atom. The van der Waals surface area contributed by atoms with Crippen molar-refractivity contribution in [2.24, 2.45) is 0 Å². The maximum Gasteiger partial charge on any atom is 0.123 e. The number of phenolic OH excluding ortho intramolecular Hbond substituents is 1. The van der Waals surface area contributed by atoms with Gasteiger partial charge in [-0.05, 0) is 84.9 Å². The van der Waals surface area contributed by atoms with Gasteiger partial charge in [0.1, 0.15) is 23.1 Å². The first kappa shape index (κ1) is 22.1. The van der Waals surface area contributed by atoms with Gasteiger partial charge in [-0.3, -0.25) is 0 Å². The van der Waals surface area contributed by atoms with Crippen LogP contribution >= 0.6 is 0 Å². The number of halogens is 2.